The van der Waals surface area contributed by atoms with Crippen molar-refractivity contribution in [3.05, 3.63) is 64.1 Å². The molecule has 138 valence electrons. The number of carbonyl (C=O) groups is 1. The van der Waals surface area contributed by atoms with Crippen LogP contribution in [0.1, 0.15) is 36.9 Å². The molecule has 3 nitrogen and oxygen atoms in total. The Labute approximate surface area is 157 Å². The minimum atomic E-state index is -4.48. The van der Waals surface area contributed by atoms with Gasteiger partial charge in [-0.1, -0.05) is 53.5 Å². The lowest BCUT2D eigenvalue weighted by molar-refractivity contribution is -0.137. The number of benzene rings is 2. The number of nitrogens with zero attached hydrogens (tertiary/aromatic N) is 1. The van der Waals surface area contributed by atoms with Crippen LogP contribution in [0.2, 0.25) is 0 Å². The number of hydrogen-bond donors (Lipinski definition) is 0. The van der Waals surface area contributed by atoms with Gasteiger partial charge in [0.05, 0.1) is 5.56 Å². The van der Waals surface area contributed by atoms with Crippen LogP contribution in [0.5, 0.6) is 0 Å². The molecule has 1 aliphatic rings. The van der Waals surface area contributed by atoms with E-state index in [9.17, 15) is 18.0 Å². The van der Waals surface area contributed by atoms with Crippen molar-refractivity contribution in [2.75, 3.05) is 4.90 Å². The van der Waals surface area contributed by atoms with Gasteiger partial charge in [-0.15, -0.1) is 0 Å². The third kappa shape index (κ3) is 3.58. The topological polar surface area (TPSA) is 29.5 Å². The number of alkyl halides is 3. The zero-order valence-corrected chi connectivity index (χ0v) is 15.5. The van der Waals surface area contributed by atoms with Crippen molar-refractivity contribution < 1.29 is 22.7 Å². The van der Waals surface area contributed by atoms with Crippen LogP contribution in [0.3, 0.4) is 0 Å². The predicted molar refractivity (Wildman–Crippen MR) is 96.0 cm³/mol. The molecular weight excluding hydrogens is 411 g/mol. The SMILES string of the molecule is CCCC1OC(=O)N(c2cccc(C(F)(F)F)c2)C1c1ccccc1Br. The van der Waals surface area contributed by atoms with Gasteiger partial charge < -0.3 is 4.74 Å². The first-order valence-electron chi connectivity index (χ1n) is 8.24. The summed E-state index contributed by atoms with van der Waals surface area (Å²) in [5.41, 5.74) is 0.172. The molecule has 0 spiro atoms. The van der Waals surface area contributed by atoms with Crippen LogP contribution >= 0.6 is 15.9 Å². The van der Waals surface area contributed by atoms with E-state index in [4.69, 9.17) is 4.74 Å². The molecule has 1 amide bonds. The summed E-state index contributed by atoms with van der Waals surface area (Å²) < 4.78 is 45.6. The number of cyclic esters (lactones) is 1. The van der Waals surface area contributed by atoms with Crippen LogP contribution in [0.15, 0.2) is 53.0 Å². The summed E-state index contributed by atoms with van der Waals surface area (Å²) in [6.45, 7) is 1.97. The quantitative estimate of drug-likeness (QED) is 0.569. The van der Waals surface area contributed by atoms with Crippen molar-refractivity contribution in [1.82, 2.24) is 0 Å². The molecule has 1 fully saturated rings. The summed E-state index contributed by atoms with van der Waals surface area (Å²) in [7, 11) is 0. The Bertz CT molecular complexity index is 809. The molecule has 1 aliphatic heterocycles. The van der Waals surface area contributed by atoms with Crippen molar-refractivity contribution >= 4 is 27.7 Å². The van der Waals surface area contributed by atoms with Crippen molar-refractivity contribution in [3.8, 4) is 0 Å². The van der Waals surface area contributed by atoms with Crippen molar-refractivity contribution in [2.45, 2.75) is 38.1 Å². The molecule has 2 unspecified atom stereocenters. The molecule has 0 aromatic heterocycles. The Balaban J connectivity index is 2.09. The van der Waals surface area contributed by atoms with Gasteiger partial charge in [-0.25, -0.2) is 4.79 Å². The van der Waals surface area contributed by atoms with Crippen LogP contribution in [-0.4, -0.2) is 12.2 Å². The number of amides is 1. The first-order valence-corrected chi connectivity index (χ1v) is 9.03. The van der Waals surface area contributed by atoms with Gasteiger partial charge in [0.2, 0.25) is 0 Å². The molecule has 0 N–H and O–H groups in total. The van der Waals surface area contributed by atoms with Gasteiger partial charge in [-0.2, -0.15) is 13.2 Å². The maximum absolute atomic E-state index is 13.1. The average molecular weight is 428 g/mol. The Morgan fingerprint density at radius 3 is 2.54 bits per heavy atom. The number of hydrogen-bond acceptors (Lipinski definition) is 2. The largest absolute Gasteiger partial charge is 0.443 e. The molecule has 2 atom stereocenters. The van der Waals surface area contributed by atoms with E-state index in [1.54, 1.807) is 0 Å². The third-order valence-electron chi connectivity index (χ3n) is 4.33. The van der Waals surface area contributed by atoms with E-state index in [0.717, 1.165) is 28.6 Å². The van der Waals surface area contributed by atoms with E-state index in [0.29, 0.717) is 6.42 Å². The number of anilines is 1. The molecule has 0 saturated carbocycles. The van der Waals surface area contributed by atoms with Crippen molar-refractivity contribution in [1.29, 1.82) is 0 Å². The highest BCUT2D eigenvalue weighted by atomic mass is 79.9. The highest BCUT2D eigenvalue weighted by Gasteiger charge is 2.44. The number of rotatable bonds is 4. The first-order chi connectivity index (χ1) is 12.3. The van der Waals surface area contributed by atoms with E-state index < -0.39 is 30.0 Å². The van der Waals surface area contributed by atoms with Gasteiger partial charge in [0.1, 0.15) is 12.1 Å². The fourth-order valence-electron chi connectivity index (χ4n) is 3.18. The summed E-state index contributed by atoms with van der Waals surface area (Å²) >= 11 is 3.48. The molecule has 7 heteroatoms. The maximum atomic E-state index is 13.1. The maximum Gasteiger partial charge on any atom is 0.416 e. The van der Waals surface area contributed by atoms with Gasteiger partial charge in [-0.3, -0.25) is 4.90 Å². The van der Waals surface area contributed by atoms with Gasteiger partial charge in [-0.05, 0) is 36.2 Å². The number of ether oxygens (including phenoxy) is 1. The lowest BCUT2D eigenvalue weighted by atomic mass is 9.97. The van der Waals surface area contributed by atoms with Crippen molar-refractivity contribution in [2.24, 2.45) is 0 Å². The molecular formula is C19H17BrF3NO2. The third-order valence-corrected chi connectivity index (χ3v) is 5.05. The number of halogens is 4. The molecule has 2 aromatic carbocycles. The van der Waals surface area contributed by atoms with Gasteiger partial charge in [0.15, 0.2) is 0 Å². The molecule has 3 rings (SSSR count). The Morgan fingerprint density at radius 2 is 1.88 bits per heavy atom. The molecule has 0 bridgehead atoms. The Kier molecular flexibility index (Phi) is 5.27. The molecule has 0 aliphatic carbocycles. The second-order valence-corrected chi connectivity index (χ2v) is 6.95. The summed E-state index contributed by atoms with van der Waals surface area (Å²) in [6.07, 6.45) is -4.14. The summed E-state index contributed by atoms with van der Waals surface area (Å²) in [4.78, 5) is 13.8. The monoisotopic (exact) mass is 427 g/mol. The molecule has 1 heterocycles. The van der Waals surface area contributed by atoms with Crippen LogP contribution in [0.4, 0.5) is 23.7 Å². The lowest BCUT2D eigenvalue weighted by Crippen LogP contribution is -2.30. The van der Waals surface area contributed by atoms with Gasteiger partial charge >= 0.3 is 12.3 Å². The molecule has 2 aromatic rings. The minimum Gasteiger partial charge on any atom is -0.443 e. The minimum absolute atomic E-state index is 0.171. The highest BCUT2D eigenvalue weighted by Crippen LogP contribution is 2.42. The smallest absolute Gasteiger partial charge is 0.416 e. The Morgan fingerprint density at radius 1 is 1.15 bits per heavy atom. The summed E-state index contributed by atoms with van der Waals surface area (Å²) in [6, 6.07) is 11.6. The molecule has 1 saturated heterocycles. The van der Waals surface area contributed by atoms with E-state index in [1.165, 1.54) is 17.0 Å². The van der Waals surface area contributed by atoms with Gasteiger partial charge in [0, 0.05) is 10.2 Å². The number of carbonyl (C=O) groups excluding carboxylic acids is 1. The fraction of sp³-hybridized carbons (Fsp3) is 0.316. The van der Waals surface area contributed by atoms with E-state index in [2.05, 4.69) is 15.9 Å². The van der Waals surface area contributed by atoms with E-state index in [1.807, 2.05) is 31.2 Å². The Hall–Kier alpha value is -2.02. The van der Waals surface area contributed by atoms with Crippen molar-refractivity contribution in [3.63, 3.8) is 0 Å². The van der Waals surface area contributed by atoms with E-state index in [-0.39, 0.29) is 5.69 Å². The summed E-state index contributed by atoms with van der Waals surface area (Å²) in [5.74, 6) is 0. The molecule has 26 heavy (non-hydrogen) atoms. The fourth-order valence-corrected chi connectivity index (χ4v) is 3.70. The predicted octanol–water partition coefficient (Wildman–Crippen LogP) is 6.33. The highest BCUT2D eigenvalue weighted by molar-refractivity contribution is 9.10. The van der Waals surface area contributed by atoms with Crippen LogP contribution < -0.4 is 4.90 Å². The van der Waals surface area contributed by atoms with Gasteiger partial charge in [0.25, 0.3) is 0 Å². The van der Waals surface area contributed by atoms with Crippen LogP contribution in [0.25, 0.3) is 0 Å². The van der Waals surface area contributed by atoms with Crippen LogP contribution in [-0.2, 0) is 10.9 Å². The second kappa shape index (κ2) is 7.31. The molecule has 0 radical (unpaired) electrons. The summed E-state index contributed by atoms with van der Waals surface area (Å²) in [5, 5.41) is 0. The lowest BCUT2D eigenvalue weighted by Gasteiger charge is -2.26. The zero-order valence-electron chi connectivity index (χ0n) is 14.0. The zero-order chi connectivity index (χ0) is 18.9. The average Bonchev–Trinajstić information content (AvgIpc) is 2.91. The first kappa shape index (κ1) is 18.8. The second-order valence-electron chi connectivity index (χ2n) is 6.10. The normalized spacial score (nSPS) is 20.3. The van der Waals surface area contributed by atoms with Crippen LogP contribution in [0, 0.1) is 0 Å². The van der Waals surface area contributed by atoms with E-state index >= 15 is 0 Å². The standard InChI is InChI=1S/C19H17BrF3NO2/c1-2-6-16-17(14-9-3-4-10-15(14)20)24(18(25)26-16)13-8-5-7-12(11-13)19(21,22)23/h3-5,7-11,16-17H,2,6H2,1H3.